The van der Waals surface area contributed by atoms with Crippen LogP contribution < -0.4 is 10.6 Å². The van der Waals surface area contributed by atoms with Gasteiger partial charge in [0.2, 0.25) is 0 Å². The average Bonchev–Trinajstić information content (AvgIpc) is 2.19. The van der Waals surface area contributed by atoms with E-state index in [9.17, 15) is 0 Å². The van der Waals surface area contributed by atoms with Crippen LogP contribution >= 0.6 is 12.2 Å². The van der Waals surface area contributed by atoms with Gasteiger partial charge in [-0.3, -0.25) is 0 Å². The molecule has 0 rings (SSSR count). The largest absolute Gasteiger partial charge is 0.380 e. The second-order valence-electron chi connectivity index (χ2n) is 4.83. The van der Waals surface area contributed by atoms with Crippen molar-refractivity contribution < 1.29 is 4.74 Å². The molecule has 2 N–H and O–H groups in total. The minimum Gasteiger partial charge on any atom is -0.380 e. The van der Waals surface area contributed by atoms with Crippen molar-refractivity contribution in [2.75, 3.05) is 26.3 Å². The molecule has 0 heterocycles. The summed E-state index contributed by atoms with van der Waals surface area (Å²) in [4.78, 5) is 0. The molecule has 0 aromatic heterocycles. The van der Waals surface area contributed by atoms with Gasteiger partial charge in [0, 0.05) is 19.7 Å². The van der Waals surface area contributed by atoms with E-state index in [1.54, 1.807) is 0 Å². The van der Waals surface area contributed by atoms with Crippen molar-refractivity contribution in [3.8, 4) is 0 Å². The number of hydrogen-bond donors (Lipinski definition) is 2. The number of thiocarbonyl (C=S) groups is 1. The van der Waals surface area contributed by atoms with Gasteiger partial charge >= 0.3 is 0 Å². The molecular weight excluding hydrogens is 220 g/mol. The van der Waals surface area contributed by atoms with E-state index in [-0.39, 0.29) is 0 Å². The summed E-state index contributed by atoms with van der Waals surface area (Å²) in [5.41, 5.74) is 0. The lowest BCUT2D eigenvalue weighted by Crippen LogP contribution is -2.38. The van der Waals surface area contributed by atoms with Gasteiger partial charge in [0.25, 0.3) is 0 Å². The van der Waals surface area contributed by atoms with E-state index in [1.807, 2.05) is 0 Å². The Hall–Kier alpha value is -0.350. The molecule has 0 aliphatic carbocycles. The van der Waals surface area contributed by atoms with Crippen LogP contribution in [0.5, 0.6) is 0 Å². The summed E-state index contributed by atoms with van der Waals surface area (Å²) in [6, 6.07) is 0. The maximum Gasteiger partial charge on any atom is 0.166 e. The van der Waals surface area contributed by atoms with E-state index in [0.717, 1.165) is 37.8 Å². The molecule has 0 aromatic carbocycles. The summed E-state index contributed by atoms with van der Waals surface area (Å²) in [7, 11) is 0. The van der Waals surface area contributed by atoms with Gasteiger partial charge in [-0.05, 0) is 30.5 Å². The smallest absolute Gasteiger partial charge is 0.166 e. The fourth-order valence-electron chi connectivity index (χ4n) is 1.02. The zero-order valence-electron chi connectivity index (χ0n) is 11.0. The lowest BCUT2D eigenvalue weighted by molar-refractivity contribution is 0.128. The predicted molar refractivity (Wildman–Crippen MR) is 73.7 cm³/mol. The molecule has 16 heavy (non-hydrogen) atoms. The molecule has 0 spiro atoms. The fraction of sp³-hybridized carbons (Fsp3) is 0.917. The SMILES string of the molecule is CC(C)CCOCCNC(=S)NCC(C)C. The molecule has 0 unspecified atom stereocenters. The van der Waals surface area contributed by atoms with Gasteiger partial charge in [-0.15, -0.1) is 0 Å². The van der Waals surface area contributed by atoms with Crippen molar-refractivity contribution in [1.82, 2.24) is 10.6 Å². The van der Waals surface area contributed by atoms with Crippen LogP contribution in [0.2, 0.25) is 0 Å². The van der Waals surface area contributed by atoms with E-state index in [1.165, 1.54) is 0 Å². The van der Waals surface area contributed by atoms with Crippen molar-refractivity contribution in [2.45, 2.75) is 34.1 Å². The Bertz CT molecular complexity index is 184. The topological polar surface area (TPSA) is 33.3 Å². The van der Waals surface area contributed by atoms with Crippen LogP contribution in [-0.4, -0.2) is 31.4 Å². The molecule has 96 valence electrons. The molecule has 0 aliphatic heterocycles. The highest BCUT2D eigenvalue weighted by Crippen LogP contribution is 1.98. The van der Waals surface area contributed by atoms with Gasteiger partial charge in [-0.1, -0.05) is 27.7 Å². The first-order valence-corrected chi connectivity index (χ1v) is 6.52. The Balaban J connectivity index is 3.21. The zero-order chi connectivity index (χ0) is 12.4. The number of rotatable bonds is 8. The van der Waals surface area contributed by atoms with E-state index < -0.39 is 0 Å². The molecule has 0 amide bonds. The van der Waals surface area contributed by atoms with Crippen molar-refractivity contribution in [3.63, 3.8) is 0 Å². The van der Waals surface area contributed by atoms with Crippen LogP contribution in [0.3, 0.4) is 0 Å². The van der Waals surface area contributed by atoms with Crippen molar-refractivity contribution in [3.05, 3.63) is 0 Å². The number of nitrogens with one attached hydrogen (secondary N) is 2. The number of hydrogen-bond acceptors (Lipinski definition) is 2. The Morgan fingerprint density at radius 1 is 1.06 bits per heavy atom. The second kappa shape index (κ2) is 9.85. The maximum atomic E-state index is 5.47. The van der Waals surface area contributed by atoms with Crippen LogP contribution in [0.15, 0.2) is 0 Å². The molecule has 0 saturated carbocycles. The van der Waals surface area contributed by atoms with Crippen molar-refractivity contribution in [2.24, 2.45) is 11.8 Å². The molecule has 0 bridgehead atoms. The van der Waals surface area contributed by atoms with E-state index in [2.05, 4.69) is 38.3 Å². The van der Waals surface area contributed by atoms with Gasteiger partial charge in [-0.2, -0.15) is 0 Å². The van der Waals surface area contributed by atoms with E-state index in [0.29, 0.717) is 11.8 Å². The van der Waals surface area contributed by atoms with Crippen LogP contribution in [0.4, 0.5) is 0 Å². The Morgan fingerprint density at radius 3 is 2.31 bits per heavy atom. The highest BCUT2D eigenvalue weighted by molar-refractivity contribution is 7.80. The molecular formula is C12H26N2OS. The average molecular weight is 246 g/mol. The highest BCUT2D eigenvalue weighted by atomic mass is 32.1. The quantitative estimate of drug-likeness (QED) is 0.508. The van der Waals surface area contributed by atoms with Gasteiger partial charge in [-0.25, -0.2) is 0 Å². The summed E-state index contributed by atoms with van der Waals surface area (Å²) in [6.07, 6.45) is 1.12. The normalized spacial score (nSPS) is 10.9. The molecule has 0 aliphatic rings. The van der Waals surface area contributed by atoms with Crippen molar-refractivity contribution in [1.29, 1.82) is 0 Å². The predicted octanol–water partition coefficient (Wildman–Crippen LogP) is 2.17. The summed E-state index contributed by atoms with van der Waals surface area (Å²) in [5, 5.41) is 7.00. The monoisotopic (exact) mass is 246 g/mol. The minimum atomic E-state index is 0.613. The first-order valence-electron chi connectivity index (χ1n) is 6.11. The summed E-state index contributed by atoms with van der Waals surface area (Å²) < 4.78 is 5.47. The Labute approximate surface area is 105 Å². The molecule has 3 nitrogen and oxygen atoms in total. The lowest BCUT2D eigenvalue weighted by Gasteiger charge is -2.12. The molecule has 0 saturated heterocycles. The second-order valence-corrected chi connectivity index (χ2v) is 5.23. The summed E-state index contributed by atoms with van der Waals surface area (Å²) in [5.74, 6) is 1.32. The maximum absolute atomic E-state index is 5.47. The summed E-state index contributed by atoms with van der Waals surface area (Å²) >= 11 is 5.11. The lowest BCUT2D eigenvalue weighted by atomic mass is 10.1. The third kappa shape index (κ3) is 11.7. The molecule has 0 fully saturated rings. The summed E-state index contributed by atoms with van der Waals surface area (Å²) in [6.45, 7) is 12.0. The third-order valence-corrected chi connectivity index (χ3v) is 2.33. The number of ether oxygens (including phenoxy) is 1. The zero-order valence-corrected chi connectivity index (χ0v) is 11.8. The Kier molecular flexibility index (Phi) is 9.63. The minimum absolute atomic E-state index is 0.613. The van der Waals surface area contributed by atoms with E-state index >= 15 is 0 Å². The first-order chi connectivity index (χ1) is 7.52. The molecule has 0 aromatic rings. The third-order valence-electron chi connectivity index (χ3n) is 2.04. The molecule has 4 heteroatoms. The van der Waals surface area contributed by atoms with Gasteiger partial charge in [0.1, 0.15) is 0 Å². The molecule has 0 radical (unpaired) electrons. The van der Waals surface area contributed by atoms with Gasteiger partial charge in [0.05, 0.1) is 6.61 Å². The Morgan fingerprint density at radius 2 is 1.75 bits per heavy atom. The van der Waals surface area contributed by atoms with Gasteiger partial charge in [0.15, 0.2) is 5.11 Å². The van der Waals surface area contributed by atoms with Crippen LogP contribution in [-0.2, 0) is 4.74 Å². The fourth-order valence-corrected chi connectivity index (χ4v) is 1.20. The van der Waals surface area contributed by atoms with E-state index in [4.69, 9.17) is 17.0 Å². The van der Waals surface area contributed by atoms with Crippen molar-refractivity contribution >= 4 is 17.3 Å². The van der Waals surface area contributed by atoms with Crippen LogP contribution in [0.1, 0.15) is 34.1 Å². The van der Waals surface area contributed by atoms with Gasteiger partial charge < -0.3 is 15.4 Å². The first kappa shape index (κ1) is 15.7. The standard InChI is InChI=1S/C12H26N2OS/c1-10(2)5-7-15-8-6-13-12(16)14-9-11(3)4/h10-11H,5-9H2,1-4H3,(H2,13,14,16). The highest BCUT2D eigenvalue weighted by Gasteiger charge is 1.97. The van der Waals surface area contributed by atoms with Crippen LogP contribution in [0.25, 0.3) is 0 Å². The van der Waals surface area contributed by atoms with Crippen LogP contribution in [0, 0.1) is 11.8 Å². The molecule has 0 atom stereocenters.